The zero-order valence-corrected chi connectivity index (χ0v) is 18.5. The molecule has 1 aliphatic rings. The number of carbonyl (C=O) groups is 2. The van der Waals surface area contributed by atoms with E-state index in [2.05, 4.69) is 15.6 Å². The number of nitrogens with one attached hydrogen (secondary N) is 2. The monoisotopic (exact) mass is 472 g/mol. The van der Waals surface area contributed by atoms with E-state index in [9.17, 15) is 23.2 Å². The topological polar surface area (TPSA) is 93.1 Å². The van der Waals surface area contributed by atoms with Crippen LogP contribution in [0.15, 0.2) is 52.4 Å². The molecule has 0 aliphatic heterocycles. The van der Waals surface area contributed by atoms with Crippen molar-refractivity contribution in [3.8, 4) is 5.69 Å². The minimum Gasteiger partial charge on any atom is -0.335 e. The third kappa shape index (κ3) is 5.39. The molecule has 0 unspecified atom stereocenters. The summed E-state index contributed by atoms with van der Waals surface area (Å²) < 4.78 is 29.0. The van der Waals surface area contributed by atoms with Crippen molar-refractivity contribution >= 4 is 34.6 Å². The molecule has 0 radical (unpaired) electrons. The third-order valence-electron chi connectivity index (χ3n) is 5.42. The number of para-hydroxylation sites is 1. The summed E-state index contributed by atoms with van der Waals surface area (Å²) >= 11 is 0.879. The van der Waals surface area contributed by atoms with Gasteiger partial charge in [-0.2, -0.15) is 0 Å². The van der Waals surface area contributed by atoms with Gasteiger partial charge in [0.1, 0.15) is 11.6 Å². The van der Waals surface area contributed by atoms with Crippen LogP contribution < -0.4 is 16.2 Å². The number of benzene rings is 2. The van der Waals surface area contributed by atoms with E-state index in [4.69, 9.17) is 0 Å². The largest absolute Gasteiger partial charge is 0.335 e. The molecule has 1 fully saturated rings. The summed E-state index contributed by atoms with van der Waals surface area (Å²) in [5, 5.41) is 5.37. The van der Waals surface area contributed by atoms with Gasteiger partial charge in [-0.25, -0.2) is 18.6 Å². The number of thioether (sulfide) groups is 1. The lowest BCUT2D eigenvalue weighted by Crippen LogP contribution is -2.45. The first kappa shape index (κ1) is 22.9. The minimum absolute atomic E-state index is 0.0482. The molecular weight excluding hydrogens is 450 g/mol. The van der Waals surface area contributed by atoms with Crippen molar-refractivity contribution in [1.82, 2.24) is 20.2 Å². The van der Waals surface area contributed by atoms with Crippen LogP contribution in [0.2, 0.25) is 0 Å². The van der Waals surface area contributed by atoms with E-state index in [1.807, 2.05) is 0 Å². The van der Waals surface area contributed by atoms with Gasteiger partial charge in [0, 0.05) is 12.1 Å². The summed E-state index contributed by atoms with van der Waals surface area (Å²) in [5.41, 5.74) is -0.360. The molecule has 0 saturated heterocycles. The van der Waals surface area contributed by atoms with Crippen molar-refractivity contribution in [2.45, 2.75) is 43.3 Å². The highest BCUT2D eigenvalue weighted by atomic mass is 32.2. The summed E-state index contributed by atoms with van der Waals surface area (Å²) in [6, 6.07) is 8.88. The third-order valence-corrected chi connectivity index (χ3v) is 6.36. The van der Waals surface area contributed by atoms with Crippen LogP contribution in [0.5, 0.6) is 0 Å². The molecule has 0 bridgehead atoms. The maximum Gasteiger partial charge on any atom is 0.321 e. The lowest BCUT2D eigenvalue weighted by atomic mass is 9.96. The van der Waals surface area contributed by atoms with Gasteiger partial charge in [-0.15, -0.1) is 0 Å². The summed E-state index contributed by atoms with van der Waals surface area (Å²) in [7, 11) is 0. The summed E-state index contributed by atoms with van der Waals surface area (Å²) in [6.45, 7) is 0. The molecule has 1 aromatic heterocycles. The number of halogens is 2. The zero-order chi connectivity index (χ0) is 23.4. The Morgan fingerprint density at radius 1 is 1.09 bits per heavy atom. The number of amides is 3. The number of fused-ring (bicyclic) bond motifs is 1. The second-order valence-corrected chi connectivity index (χ2v) is 8.74. The summed E-state index contributed by atoms with van der Waals surface area (Å²) in [6.07, 6.45) is 4.99. The Bertz CT molecular complexity index is 1260. The van der Waals surface area contributed by atoms with Gasteiger partial charge in [0.2, 0.25) is 5.91 Å². The average molecular weight is 473 g/mol. The fourth-order valence-electron chi connectivity index (χ4n) is 3.85. The van der Waals surface area contributed by atoms with Crippen LogP contribution in [0, 0.1) is 11.6 Å². The number of carbonyl (C=O) groups excluding carboxylic acids is 2. The van der Waals surface area contributed by atoms with E-state index in [1.165, 1.54) is 0 Å². The first-order valence-electron chi connectivity index (χ1n) is 10.6. The van der Waals surface area contributed by atoms with Crippen molar-refractivity contribution in [3.05, 3.63) is 64.5 Å². The van der Waals surface area contributed by atoms with Gasteiger partial charge in [-0.05, 0) is 37.1 Å². The molecule has 4 rings (SSSR count). The predicted octanol–water partition coefficient (Wildman–Crippen LogP) is 3.91. The molecule has 1 heterocycles. The molecule has 2 N–H and O–H groups in total. The Labute approximate surface area is 192 Å². The van der Waals surface area contributed by atoms with Crippen LogP contribution >= 0.6 is 11.8 Å². The normalized spacial score (nSPS) is 14.2. The SMILES string of the molecule is O=C(CSc1nc2ccccc2c(=O)n1-c1ccc(F)cc1F)NC(=O)NC1CCCCC1. The number of nitrogens with zero attached hydrogens (tertiary/aromatic N) is 2. The van der Waals surface area contributed by atoms with E-state index < -0.39 is 29.1 Å². The number of urea groups is 1. The molecule has 3 aromatic rings. The molecule has 1 aliphatic carbocycles. The fraction of sp³-hybridized carbons (Fsp3) is 0.304. The number of imide groups is 1. The number of aromatic nitrogens is 2. The van der Waals surface area contributed by atoms with Crippen molar-refractivity contribution in [3.63, 3.8) is 0 Å². The van der Waals surface area contributed by atoms with Crippen molar-refractivity contribution < 1.29 is 18.4 Å². The first-order valence-corrected chi connectivity index (χ1v) is 11.6. The smallest absolute Gasteiger partial charge is 0.321 e. The molecule has 172 valence electrons. The quantitative estimate of drug-likeness (QED) is 0.434. The molecule has 3 amide bonds. The highest BCUT2D eigenvalue weighted by molar-refractivity contribution is 7.99. The van der Waals surface area contributed by atoms with Crippen molar-refractivity contribution in [2.75, 3.05) is 5.75 Å². The lowest BCUT2D eigenvalue weighted by molar-refractivity contribution is -0.117. The Kier molecular flexibility index (Phi) is 7.02. The van der Waals surface area contributed by atoms with Crippen molar-refractivity contribution in [2.24, 2.45) is 0 Å². The van der Waals surface area contributed by atoms with Crippen LogP contribution in [0.3, 0.4) is 0 Å². The van der Waals surface area contributed by atoms with E-state index in [1.54, 1.807) is 24.3 Å². The Hall–Kier alpha value is -3.27. The average Bonchev–Trinajstić information content (AvgIpc) is 2.79. The van der Waals surface area contributed by atoms with Gasteiger partial charge in [-0.3, -0.25) is 19.5 Å². The second kappa shape index (κ2) is 10.1. The molecule has 0 spiro atoms. The second-order valence-electron chi connectivity index (χ2n) is 7.79. The van der Waals surface area contributed by atoms with Gasteiger partial charge in [0.05, 0.1) is 22.3 Å². The van der Waals surface area contributed by atoms with Crippen LogP contribution in [0.25, 0.3) is 16.6 Å². The Morgan fingerprint density at radius 3 is 2.61 bits per heavy atom. The molecule has 1 saturated carbocycles. The van der Waals surface area contributed by atoms with Crippen molar-refractivity contribution in [1.29, 1.82) is 0 Å². The fourth-order valence-corrected chi connectivity index (χ4v) is 4.65. The maximum absolute atomic E-state index is 14.5. The van der Waals surface area contributed by atoms with Crippen LogP contribution in [-0.2, 0) is 4.79 Å². The van der Waals surface area contributed by atoms with Gasteiger partial charge >= 0.3 is 6.03 Å². The van der Waals surface area contributed by atoms with Gasteiger partial charge in [-0.1, -0.05) is 43.2 Å². The maximum atomic E-state index is 14.5. The molecule has 0 atom stereocenters. The van der Waals surface area contributed by atoms with Crippen LogP contribution in [0.1, 0.15) is 32.1 Å². The number of rotatable bonds is 5. The highest BCUT2D eigenvalue weighted by Crippen LogP contribution is 2.23. The lowest BCUT2D eigenvalue weighted by Gasteiger charge is -2.22. The molecule has 7 nitrogen and oxygen atoms in total. The standard InChI is InChI=1S/C23H22F2N4O3S/c24-14-10-11-19(17(25)12-14)29-21(31)16-8-4-5-9-18(16)27-23(29)33-13-20(30)28-22(32)26-15-6-2-1-3-7-15/h4-5,8-12,15H,1-3,6-7,13H2,(H2,26,28,30,32). The number of hydrogen-bond donors (Lipinski definition) is 2. The van der Waals surface area contributed by atoms with E-state index in [0.29, 0.717) is 11.6 Å². The first-order chi connectivity index (χ1) is 15.9. The number of hydrogen-bond acceptors (Lipinski definition) is 5. The Morgan fingerprint density at radius 2 is 1.85 bits per heavy atom. The highest BCUT2D eigenvalue weighted by Gasteiger charge is 2.20. The summed E-state index contributed by atoms with van der Waals surface area (Å²) in [5.74, 6) is -2.53. The van der Waals surface area contributed by atoms with E-state index >= 15 is 0 Å². The molecule has 2 aromatic carbocycles. The zero-order valence-electron chi connectivity index (χ0n) is 17.6. The van der Waals surface area contributed by atoms with E-state index in [0.717, 1.165) is 60.6 Å². The summed E-state index contributed by atoms with van der Waals surface area (Å²) in [4.78, 5) is 42.0. The van der Waals surface area contributed by atoms with E-state index in [-0.39, 0.29) is 28.0 Å². The predicted molar refractivity (Wildman–Crippen MR) is 122 cm³/mol. The van der Waals surface area contributed by atoms with Gasteiger partial charge in [0.25, 0.3) is 5.56 Å². The van der Waals surface area contributed by atoms with Crippen LogP contribution in [-0.4, -0.2) is 33.3 Å². The molecule has 33 heavy (non-hydrogen) atoms. The minimum atomic E-state index is -0.938. The Balaban J connectivity index is 1.56. The molecular formula is C23H22F2N4O3S. The van der Waals surface area contributed by atoms with Crippen LogP contribution in [0.4, 0.5) is 13.6 Å². The van der Waals surface area contributed by atoms with Gasteiger partial charge in [0.15, 0.2) is 5.16 Å². The molecule has 10 heteroatoms. The van der Waals surface area contributed by atoms with Gasteiger partial charge < -0.3 is 5.32 Å².